The summed E-state index contributed by atoms with van der Waals surface area (Å²) in [4.78, 5) is 23.6. The van der Waals surface area contributed by atoms with Gasteiger partial charge in [0.1, 0.15) is 41.8 Å². The number of hydrogen-bond acceptors (Lipinski definition) is 18. The maximum atomic E-state index is 13.1. The number of carbonyl (C=O) groups excluding carboxylic acids is 2. The van der Waals surface area contributed by atoms with Crippen LogP contribution >= 0.6 is 0 Å². The first kappa shape index (κ1) is 47.1. The number of nitrogens with two attached hydrogens (primary N) is 2. The van der Waals surface area contributed by atoms with Crippen LogP contribution in [0.3, 0.4) is 0 Å². The molecule has 0 bridgehead atoms. The normalized spacial score (nSPS) is 15.2. The molecule has 0 radical (unpaired) electrons. The molecule has 56 heavy (non-hydrogen) atoms. The second-order valence-corrected chi connectivity index (χ2v) is 15.3. The van der Waals surface area contributed by atoms with Gasteiger partial charge in [0.15, 0.2) is 0 Å². The van der Waals surface area contributed by atoms with Gasteiger partial charge in [0.05, 0.1) is 31.8 Å². The van der Waals surface area contributed by atoms with Gasteiger partial charge < -0.3 is 30.4 Å². The van der Waals surface area contributed by atoms with Crippen molar-refractivity contribution >= 4 is 99.6 Å². The molecule has 0 saturated carbocycles. The van der Waals surface area contributed by atoms with Crippen molar-refractivity contribution in [1.29, 1.82) is 0 Å². The monoisotopic (exact) mass is 845 g/mol. The van der Waals surface area contributed by atoms with Crippen LogP contribution in [-0.4, -0.2) is 61.9 Å². The van der Waals surface area contributed by atoms with E-state index in [1.165, 1.54) is 72.8 Å². The molecular formula is C32H22N7Na3O11S3. The molecule has 4 aromatic rings. The number of hydrogen-bond donors (Lipinski definition) is 5. The summed E-state index contributed by atoms with van der Waals surface area (Å²) >= 11 is 0. The first-order valence-electron chi connectivity index (χ1n) is 14.7. The summed E-state index contributed by atoms with van der Waals surface area (Å²) in [6, 6.07) is 17.0. The Labute approximate surface area is 386 Å². The predicted molar refractivity (Wildman–Crippen MR) is 192 cm³/mol. The van der Waals surface area contributed by atoms with Crippen molar-refractivity contribution < 1.29 is 137 Å². The van der Waals surface area contributed by atoms with Gasteiger partial charge in [-0.05, 0) is 90.0 Å². The Bertz CT molecular complexity index is 2740. The van der Waals surface area contributed by atoms with E-state index in [1.807, 2.05) is 0 Å². The van der Waals surface area contributed by atoms with Crippen molar-refractivity contribution in [2.75, 3.05) is 27.6 Å². The van der Waals surface area contributed by atoms with Crippen LogP contribution in [0.15, 0.2) is 104 Å². The molecule has 0 spiro atoms. The maximum absolute atomic E-state index is 13.1. The molecule has 272 valence electrons. The Morgan fingerprint density at radius 3 is 1.36 bits per heavy atom. The molecule has 0 aromatic heterocycles. The summed E-state index contributed by atoms with van der Waals surface area (Å²) in [5.74, 6) is -1.82. The number of ketones is 2. The van der Waals surface area contributed by atoms with Gasteiger partial charge in [-0.15, -0.1) is 0 Å². The van der Waals surface area contributed by atoms with Gasteiger partial charge in [0, 0.05) is 28.2 Å². The standard InChI is InChI=1S/C32H25N7O11S3.3Na/c33-18-3-1-16-11-27(52(45,46)47)29(31(40)23(16)13-18)38-36-21-7-5-20(6-8-21)35-25-10-9-22(15-26(25)51(42,43)44)37-39-30-28(53(48,49)50)12-17-2-4-19(34)14-24(17)32(30)41;;;/h1-15,35-37H,33-34H2,(H,42,43,44)(H,45,46,47)(H,48,49,50);;;/q;3*+1/p-3/b38-29-,39-30+;;;. The van der Waals surface area contributed by atoms with Crippen LogP contribution in [-0.2, 0) is 30.4 Å². The van der Waals surface area contributed by atoms with E-state index in [4.69, 9.17) is 11.5 Å². The van der Waals surface area contributed by atoms with Gasteiger partial charge in [0.25, 0.3) is 0 Å². The van der Waals surface area contributed by atoms with Crippen LogP contribution < -0.4 is 116 Å². The predicted octanol–water partition coefficient (Wildman–Crippen LogP) is -6.39. The van der Waals surface area contributed by atoms with Crippen LogP contribution in [0, 0.1) is 0 Å². The number of benzene rings is 4. The van der Waals surface area contributed by atoms with Crippen LogP contribution in [0.2, 0.25) is 0 Å². The summed E-state index contributed by atoms with van der Waals surface area (Å²) in [5.41, 5.74) is 15.6. The number of anilines is 6. The number of allylic oxidation sites excluding steroid dienone is 2. The second-order valence-electron chi connectivity index (χ2n) is 11.3. The van der Waals surface area contributed by atoms with Crippen molar-refractivity contribution in [1.82, 2.24) is 0 Å². The Kier molecular flexibility index (Phi) is 15.3. The fourth-order valence-electron chi connectivity index (χ4n) is 5.21. The van der Waals surface area contributed by atoms with Gasteiger partial charge in [-0.25, -0.2) is 25.3 Å². The smallest absolute Gasteiger partial charge is 0.744 e. The summed E-state index contributed by atoms with van der Waals surface area (Å²) in [6.07, 6.45) is 1.96. The number of nitrogen functional groups attached to an aromatic ring is 2. The molecule has 0 amide bonds. The van der Waals surface area contributed by atoms with Gasteiger partial charge in [-0.1, -0.05) is 12.1 Å². The van der Waals surface area contributed by atoms with E-state index in [1.54, 1.807) is 0 Å². The number of Topliss-reactive ketones (excluding diaryl/α,β-unsaturated/α-hetero) is 2. The van der Waals surface area contributed by atoms with Crippen molar-refractivity contribution in [3.63, 3.8) is 0 Å². The third kappa shape index (κ3) is 10.4. The van der Waals surface area contributed by atoms with Crippen molar-refractivity contribution in [3.8, 4) is 0 Å². The summed E-state index contributed by atoms with van der Waals surface area (Å²) in [5, 5.41) is 10.4. The number of nitrogens with zero attached hydrogens (tertiary/aromatic N) is 2. The average molecular weight is 846 g/mol. The molecule has 2 aliphatic carbocycles. The van der Waals surface area contributed by atoms with E-state index in [9.17, 15) is 48.5 Å². The molecule has 6 rings (SSSR count). The van der Waals surface area contributed by atoms with Crippen molar-refractivity contribution in [3.05, 3.63) is 111 Å². The average Bonchev–Trinajstić information content (AvgIpc) is 3.07. The number of nitrogens with one attached hydrogen (secondary N) is 3. The Morgan fingerprint density at radius 1 is 0.518 bits per heavy atom. The number of fused-ring (bicyclic) bond motifs is 2. The van der Waals surface area contributed by atoms with Gasteiger partial charge in [0.2, 0.25) is 11.6 Å². The fraction of sp³-hybridized carbons (Fsp3) is 0. The first-order valence-corrected chi connectivity index (χ1v) is 18.9. The van der Waals surface area contributed by atoms with Gasteiger partial charge in [-0.2, -0.15) is 10.2 Å². The van der Waals surface area contributed by atoms with E-state index in [0.717, 1.165) is 18.2 Å². The van der Waals surface area contributed by atoms with E-state index in [2.05, 4.69) is 26.4 Å². The molecule has 0 atom stereocenters. The molecular weight excluding hydrogens is 824 g/mol. The van der Waals surface area contributed by atoms with Crippen LogP contribution in [0.1, 0.15) is 31.8 Å². The summed E-state index contributed by atoms with van der Waals surface area (Å²) < 4.78 is 108. The van der Waals surface area contributed by atoms with Crippen molar-refractivity contribution in [2.24, 2.45) is 10.2 Å². The molecule has 2 aliphatic rings. The van der Waals surface area contributed by atoms with Crippen LogP contribution in [0.25, 0.3) is 12.2 Å². The third-order valence-corrected chi connectivity index (χ3v) is 10.2. The van der Waals surface area contributed by atoms with Crippen LogP contribution in [0.4, 0.5) is 34.1 Å². The van der Waals surface area contributed by atoms with E-state index in [0.29, 0.717) is 0 Å². The molecule has 0 unspecified atom stereocenters. The Balaban J connectivity index is 0.00000280. The quantitative estimate of drug-likeness (QED) is 0.0453. The molecule has 18 nitrogen and oxygen atoms in total. The minimum atomic E-state index is -5.21. The third-order valence-electron chi connectivity index (χ3n) is 7.66. The van der Waals surface area contributed by atoms with Gasteiger partial charge in [-0.3, -0.25) is 20.4 Å². The number of hydrazone groups is 2. The zero-order chi connectivity index (χ0) is 38.5. The summed E-state index contributed by atoms with van der Waals surface area (Å²) in [7, 11) is -15.5. The fourth-order valence-corrected chi connectivity index (χ4v) is 7.16. The topological polar surface area (TPSA) is 319 Å². The SMILES string of the molecule is Nc1ccc2c(c1)C(=O)/C(=N/Nc1ccc(Nc3ccc(N/N=C4\C(=O)c5cc(N)ccc5C=C4S(=O)(=O)[O-])cc3)c(S(=O)(=O)[O-])c1)C(S(=O)(=O)[O-])=C2.[Na+].[Na+].[Na+]. The molecule has 7 N–H and O–H groups in total. The Morgan fingerprint density at radius 2 is 0.929 bits per heavy atom. The van der Waals surface area contributed by atoms with Crippen molar-refractivity contribution in [2.45, 2.75) is 4.90 Å². The number of rotatable bonds is 9. The first-order chi connectivity index (χ1) is 24.8. The minimum Gasteiger partial charge on any atom is -0.744 e. The van der Waals surface area contributed by atoms with Gasteiger partial charge >= 0.3 is 88.7 Å². The summed E-state index contributed by atoms with van der Waals surface area (Å²) in [6.45, 7) is 0. The van der Waals surface area contributed by atoms with E-state index in [-0.39, 0.29) is 145 Å². The van der Waals surface area contributed by atoms with Crippen LogP contribution in [0.5, 0.6) is 0 Å². The molecule has 0 fully saturated rings. The molecule has 24 heteroatoms. The van der Waals surface area contributed by atoms with E-state index < -0.39 is 68.0 Å². The molecule has 0 heterocycles. The minimum absolute atomic E-state index is 0. The molecule has 0 aliphatic heterocycles. The Hall–Kier alpha value is -3.23. The van der Waals surface area contributed by atoms with E-state index >= 15 is 0 Å². The molecule has 4 aromatic carbocycles. The molecule has 0 saturated heterocycles. The zero-order valence-corrected chi connectivity index (χ0v) is 37.9. The largest absolute Gasteiger partial charge is 1.00 e. The number of carbonyl (C=O) groups is 2. The zero-order valence-electron chi connectivity index (χ0n) is 29.4. The second kappa shape index (κ2) is 18.1. The maximum Gasteiger partial charge on any atom is 1.00 e.